The van der Waals surface area contributed by atoms with E-state index in [1.165, 1.54) is 25.7 Å². The highest BCUT2D eigenvalue weighted by molar-refractivity contribution is 5.57. The quantitative estimate of drug-likeness (QED) is 0.691. The van der Waals surface area contributed by atoms with Crippen LogP contribution in [-0.4, -0.2) is 17.4 Å². The maximum Gasteiger partial charge on any atom is 0.506 e. The Bertz CT molecular complexity index is 187. The third-order valence-corrected chi connectivity index (χ3v) is 3.15. The second-order valence-corrected chi connectivity index (χ2v) is 4.41. The molecule has 3 heteroatoms. The SMILES string of the molecule is CCCC1(CCC)CC(OC(=O)O)C1. The van der Waals surface area contributed by atoms with Gasteiger partial charge in [-0.2, -0.15) is 0 Å². The van der Waals surface area contributed by atoms with Crippen molar-refractivity contribution in [1.82, 2.24) is 0 Å². The first kappa shape index (κ1) is 11.3. The van der Waals surface area contributed by atoms with Crippen LogP contribution in [0.2, 0.25) is 0 Å². The van der Waals surface area contributed by atoms with Gasteiger partial charge in [0.05, 0.1) is 0 Å². The van der Waals surface area contributed by atoms with E-state index in [1.54, 1.807) is 0 Å². The molecule has 0 atom stereocenters. The Morgan fingerprint density at radius 3 is 2.21 bits per heavy atom. The lowest BCUT2D eigenvalue weighted by Crippen LogP contribution is -2.43. The van der Waals surface area contributed by atoms with Gasteiger partial charge in [0.25, 0.3) is 0 Å². The molecule has 0 radical (unpaired) electrons. The number of hydrogen-bond donors (Lipinski definition) is 1. The van der Waals surface area contributed by atoms with Crippen molar-refractivity contribution in [3.63, 3.8) is 0 Å². The summed E-state index contributed by atoms with van der Waals surface area (Å²) in [6.45, 7) is 4.37. The molecule has 0 spiro atoms. The molecule has 0 aromatic carbocycles. The molecule has 3 nitrogen and oxygen atoms in total. The first-order valence-corrected chi connectivity index (χ1v) is 5.51. The van der Waals surface area contributed by atoms with Crippen molar-refractivity contribution in [3.8, 4) is 0 Å². The number of ether oxygens (including phenoxy) is 1. The average Bonchev–Trinajstić information content (AvgIpc) is 2.01. The molecule has 0 amide bonds. The van der Waals surface area contributed by atoms with Crippen molar-refractivity contribution in [2.24, 2.45) is 5.41 Å². The lowest BCUT2D eigenvalue weighted by molar-refractivity contribution is -0.0666. The van der Waals surface area contributed by atoms with Gasteiger partial charge in [-0.1, -0.05) is 26.7 Å². The third-order valence-electron chi connectivity index (χ3n) is 3.15. The van der Waals surface area contributed by atoms with Crippen molar-refractivity contribution in [2.45, 2.75) is 58.5 Å². The maximum atomic E-state index is 10.3. The number of rotatable bonds is 5. The molecule has 1 saturated carbocycles. The molecule has 0 bridgehead atoms. The van der Waals surface area contributed by atoms with Gasteiger partial charge in [0.2, 0.25) is 0 Å². The summed E-state index contributed by atoms with van der Waals surface area (Å²) in [6.07, 6.45) is 5.48. The van der Waals surface area contributed by atoms with Crippen LogP contribution in [-0.2, 0) is 4.74 Å². The highest BCUT2D eigenvalue weighted by Crippen LogP contribution is 2.49. The van der Waals surface area contributed by atoms with Gasteiger partial charge in [-0.15, -0.1) is 0 Å². The predicted octanol–water partition coefficient (Wildman–Crippen LogP) is 3.43. The minimum Gasteiger partial charge on any atom is -0.450 e. The van der Waals surface area contributed by atoms with Crippen LogP contribution in [0.3, 0.4) is 0 Å². The molecule has 0 heterocycles. The van der Waals surface area contributed by atoms with Crippen LogP contribution in [0, 0.1) is 5.41 Å². The Hall–Kier alpha value is -0.730. The molecule has 0 aliphatic heterocycles. The van der Waals surface area contributed by atoms with Gasteiger partial charge < -0.3 is 9.84 Å². The summed E-state index contributed by atoms with van der Waals surface area (Å²) in [5, 5.41) is 8.46. The third kappa shape index (κ3) is 2.63. The molecule has 0 aromatic rings. The van der Waals surface area contributed by atoms with E-state index in [9.17, 15) is 4.79 Å². The average molecular weight is 200 g/mol. The van der Waals surface area contributed by atoms with E-state index >= 15 is 0 Å². The number of hydrogen-bond acceptors (Lipinski definition) is 2. The minimum absolute atomic E-state index is 0.0365. The summed E-state index contributed by atoms with van der Waals surface area (Å²) in [7, 11) is 0. The van der Waals surface area contributed by atoms with Crippen LogP contribution < -0.4 is 0 Å². The largest absolute Gasteiger partial charge is 0.506 e. The van der Waals surface area contributed by atoms with Gasteiger partial charge in [-0.25, -0.2) is 4.79 Å². The summed E-state index contributed by atoms with van der Waals surface area (Å²) in [6, 6.07) is 0. The molecule has 0 aromatic heterocycles. The first-order valence-electron chi connectivity index (χ1n) is 5.51. The van der Waals surface area contributed by atoms with Gasteiger partial charge in [-0.05, 0) is 31.1 Å². The summed E-state index contributed by atoms with van der Waals surface area (Å²) < 4.78 is 4.75. The van der Waals surface area contributed by atoms with E-state index in [2.05, 4.69) is 13.8 Å². The number of carboxylic acid groups (broad SMARTS) is 1. The van der Waals surface area contributed by atoms with Crippen LogP contribution >= 0.6 is 0 Å². The summed E-state index contributed by atoms with van der Waals surface area (Å²) in [5.41, 5.74) is 0.392. The van der Waals surface area contributed by atoms with Crippen molar-refractivity contribution >= 4 is 6.16 Å². The Labute approximate surface area is 85.5 Å². The van der Waals surface area contributed by atoms with Crippen LogP contribution in [0.4, 0.5) is 4.79 Å². The highest BCUT2D eigenvalue weighted by Gasteiger charge is 2.44. The second kappa shape index (κ2) is 4.67. The zero-order valence-corrected chi connectivity index (χ0v) is 9.08. The number of carbonyl (C=O) groups is 1. The predicted molar refractivity (Wildman–Crippen MR) is 54.4 cm³/mol. The van der Waals surface area contributed by atoms with Crippen molar-refractivity contribution < 1.29 is 14.6 Å². The lowest BCUT2D eigenvalue weighted by atomic mass is 9.62. The van der Waals surface area contributed by atoms with Crippen molar-refractivity contribution in [1.29, 1.82) is 0 Å². The summed E-state index contributed by atoms with van der Waals surface area (Å²) in [5.74, 6) is 0. The zero-order chi connectivity index (χ0) is 10.6. The Morgan fingerprint density at radius 1 is 1.36 bits per heavy atom. The molecule has 1 rings (SSSR count). The van der Waals surface area contributed by atoms with Gasteiger partial charge in [0, 0.05) is 0 Å². The van der Waals surface area contributed by atoms with Crippen LogP contribution in [0.25, 0.3) is 0 Å². The molecular formula is C11H20O3. The fourth-order valence-electron chi connectivity index (χ4n) is 2.73. The monoisotopic (exact) mass is 200 g/mol. The summed E-state index contributed by atoms with van der Waals surface area (Å²) >= 11 is 0. The topological polar surface area (TPSA) is 46.5 Å². The zero-order valence-electron chi connectivity index (χ0n) is 9.08. The minimum atomic E-state index is -1.13. The fraction of sp³-hybridized carbons (Fsp3) is 0.909. The molecule has 1 fully saturated rings. The Morgan fingerprint density at radius 2 is 1.86 bits per heavy atom. The molecule has 82 valence electrons. The van der Waals surface area contributed by atoms with Crippen LogP contribution in [0.1, 0.15) is 52.4 Å². The highest BCUT2D eigenvalue weighted by atomic mass is 16.7. The maximum absolute atomic E-state index is 10.3. The van der Waals surface area contributed by atoms with E-state index in [0.717, 1.165) is 12.8 Å². The van der Waals surface area contributed by atoms with Crippen molar-refractivity contribution in [3.05, 3.63) is 0 Å². The molecule has 1 aliphatic carbocycles. The van der Waals surface area contributed by atoms with E-state index in [1.807, 2.05) is 0 Å². The van der Waals surface area contributed by atoms with E-state index in [-0.39, 0.29) is 6.10 Å². The van der Waals surface area contributed by atoms with Crippen molar-refractivity contribution in [2.75, 3.05) is 0 Å². The van der Waals surface area contributed by atoms with E-state index < -0.39 is 6.16 Å². The van der Waals surface area contributed by atoms with Gasteiger partial charge in [-0.3, -0.25) is 0 Å². The van der Waals surface area contributed by atoms with Crippen LogP contribution in [0.5, 0.6) is 0 Å². The lowest BCUT2D eigenvalue weighted by Gasteiger charge is -2.46. The van der Waals surface area contributed by atoms with Gasteiger partial charge in [0.1, 0.15) is 6.10 Å². The Balaban J connectivity index is 2.34. The Kier molecular flexibility index (Phi) is 3.78. The molecule has 0 unspecified atom stereocenters. The summed E-state index contributed by atoms with van der Waals surface area (Å²) in [4.78, 5) is 10.3. The van der Waals surface area contributed by atoms with Gasteiger partial charge >= 0.3 is 6.16 Å². The second-order valence-electron chi connectivity index (χ2n) is 4.41. The molecule has 1 aliphatic rings. The molecular weight excluding hydrogens is 180 g/mol. The smallest absolute Gasteiger partial charge is 0.450 e. The van der Waals surface area contributed by atoms with E-state index in [4.69, 9.17) is 9.84 Å². The van der Waals surface area contributed by atoms with E-state index in [0.29, 0.717) is 5.41 Å². The molecule has 1 N–H and O–H groups in total. The standard InChI is InChI=1S/C11H20O3/c1-3-5-11(6-4-2)7-9(8-11)14-10(12)13/h9H,3-8H2,1-2H3,(H,12,13). The molecule has 0 saturated heterocycles. The fourth-order valence-corrected chi connectivity index (χ4v) is 2.73. The molecule has 14 heavy (non-hydrogen) atoms. The first-order chi connectivity index (χ1) is 6.62. The normalized spacial score (nSPS) is 20.1. The van der Waals surface area contributed by atoms with Crippen LogP contribution in [0.15, 0.2) is 0 Å². The van der Waals surface area contributed by atoms with Gasteiger partial charge in [0.15, 0.2) is 0 Å².